The van der Waals surface area contributed by atoms with E-state index in [1.54, 1.807) is 42.5 Å². The normalized spacial score (nSPS) is 12.0. The molecule has 0 saturated carbocycles. The lowest BCUT2D eigenvalue weighted by Crippen LogP contribution is -2.18. The van der Waals surface area contributed by atoms with E-state index in [9.17, 15) is 19.8 Å². The maximum Gasteiger partial charge on any atom is 0.343 e. The van der Waals surface area contributed by atoms with Gasteiger partial charge in [-0.1, -0.05) is 18.2 Å². The molecule has 0 aliphatic heterocycles. The number of benzene rings is 2. The highest BCUT2D eigenvalue weighted by Crippen LogP contribution is 2.37. The van der Waals surface area contributed by atoms with Gasteiger partial charge in [-0.05, 0) is 29.8 Å². The Morgan fingerprint density at radius 2 is 1.93 bits per heavy atom. The predicted octanol–water partition coefficient (Wildman–Crippen LogP) is 2.69. The van der Waals surface area contributed by atoms with Gasteiger partial charge in [0.05, 0.1) is 38.2 Å². The molecule has 0 spiro atoms. The van der Waals surface area contributed by atoms with Crippen molar-refractivity contribution in [1.82, 2.24) is 0 Å². The lowest BCUT2D eigenvalue weighted by atomic mass is 9.87. The van der Waals surface area contributed by atoms with Gasteiger partial charge in [0.25, 0.3) is 0 Å². The number of ether oxygens (including phenoxy) is 2. The Morgan fingerprint density at radius 1 is 1.18 bits per heavy atom. The summed E-state index contributed by atoms with van der Waals surface area (Å²) in [6.07, 6.45) is -0.190. The molecule has 1 atom stereocenters. The van der Waals surface area contributed by atoms with E-state index in [-0.39, 0.29) is 29.9 Å². The third-order valence-corrected chi connectivity index (χ3v) is 4.64. The number of methoxy groups -OCH3 is 2. The Morgan fingerprint density at radius 3 is 2.61 bits per heavy atom. The van der Waals surface area contributed by atoms with Gasteiger partial charge in [-0.2, -0.15) is 0 Å². The van der Waals surface area contributed by atoms with Crippen LogP contribution in [0.5, 0.6) is 11.5 Å². The van der Waals surface area contributed by atoms with E-state index in [0.29, 0.717) is 22.3 Å². The summed E-state index contributed by atoms with van der Waals surface area (Å²) in [6, 6.07) is 11.5. The maximum atomic E-state index is 12.7. The van der Waals surface area contributed by atoms with Crippen LogP contribution in [-0.2, 0) is 16.1 Å². The largest absolute Gasteiger partial charge is 0.507 e. The molecular formula is C21H20O7. The number of carbonyl (C=O) groups is 1. The topological polar surface area (TPSA) is 106 Å². The number of esters is 1. The molecule has 7 heteroatoms. The Balaban J connectivity index is 2.23. The molecule has 0 fully saturated rings. The molecule has 0 saturated heterocycles. The molecule has 0 bridgehead atoms. The number of rotatable bonds is 6. The van der Waals surface area contributed by atoms with Crippen LogP contribution < -0.4 is 10.4 Å². The van der Waals surface area contributed by atoms with Crippen molar-refractivity contribution >= 4 is 16.9 Å². The van der Waals surface area contributed by atoms with Gasteiger partial charge in [-0.25, -0.2) is 4.79 Å². The van der Waals surface area contributed by atoms with E-state index < -0.39 is 17.5 Å². The van der Waals surface area contributed by atoms with E-state index >= 15 is 0 Å². The van der Waals surface area contributed by atoms with E-state index in [2.05, 4.69) is 0 Å². The number of aliphatic hydroxyl groups is 1. The molecule has 0 radical (unpaired) electrons. The zero-order valence-electron chi connectivity index (χ0n) is 15.5. The van der Waals surface area contributed by atoms with E-state index in [1.165, 1.54) is 14.2 Å². The van der Waals surface area contributed by atoms with Crippen molar-refractivity contribution in [2.45, 2.75) is 18.9 Å². The van der Waals surface area contributed by atoms with Gasteiger partial charge in [-0.3, -0.25) is 4.79 Å². The first-order valence-electron chi connectivity index (χ1n) is 8.59. The second kappa shape index (κ2) is 8.14. The fourth-order valence-electron chi connectivity index (χ4n) is 3.23. The van der Waals surface area contributed by atoms with E-state index in [1.807, 2.05) is 0 Å². The minimum Gasteiger partial charge on any atom is -0.507 e. The van der Waals surface area contributed by atoms with Gasteiger partial charge < -0.3 is 24.1 Å². The fraction of sp³-hybridized carbons (Fsp3) is 0.238. The molecular weight excluding hydrogens is 364 g/mol. The minimum absolute atomic E-state index is 0.0434. The molecule has 3 aromatic rings. The van der Waals surface area contributed by atoms with Crippen LogP contribution >= 0.6 is 0 Å². The Labute approximate surface area is 160 Å². The first-order chi connectivity index (χ1) is 13.5. The molecule has 2 N–H and O–H groups in total. The zero-order chi connectivity index (χ0) is 20.3. The number of hydrogen-bond donors (Lipinski definition) is 2. The zero-order valence-corrected chi connectivity index (χ0v) is 15.5. The van der Waals surface area contributed by atoms with Crippen LogP contribution in [0, 0.1) is 0 Å². The van der Waals surface area contributed by atoms with Gasteiger partial charge >= 0.3 is 11.6 Å². The van der Waals surface area contributed by atoms with Crippen LogP contribution in [0.15, 0.2) is 51.7 Å². The summed E-state index contributed by atoms with van der Waals surface area (Å²) >= 11 is 0. The van der Waals surface area contributed by atoms with Crippen molar-refractivity contribution < 1.29 is 28.9 Å². The molecule has 0 amide bonds. The predicted molar refractivity (Wildman–Crippen MR) is 102 cm³/mol. The lowest BCUT2D eigenvalue weighted by Gasteiger charge is -2.19. The van der Waals surface area contributed by atoms with Crippen LogP contribution in [0.4, 0.5) is 0 Å². The molecule has 7 nitrogen and oxygen atoms in total. The number of aromatic hydroxyl groups is 1. The summed E-state index contributed by atoms with van der Waals surface area (Å²) < 4.78 is 15.3. The summed E-state index contributed by atoms with van der Waals surface area (Å²) in [4.78, 5) is 24.7. The third kappa shape index (κ3) is 3.57. The average molecular weight is 384 g/mol. The van der Waals surface area contributed by atoms with Gasteiger partial charge in [0.15, 0.2) is 0 Å². The summed E-state index contributed by atoms with van der Waals surface area (Å²) in [5.41, 5.74) is 0.480. The van der Waals surface area contributed by atoms with Gasteiger partial charge in [0, 0.05) is 11.5 Å². The van der Waals surface area contributed by atoms with Crippen LogP contribution in [0.2, 0.25) is 0 Å². The van der Waals surface area contributed by atoms with E-state index in [4.69, 9.17) is 13.9 Å². The van der Waals surface area contributed by atoms with Crippen molar-refractivity contribution in [3.05, 3.63) is 69.6 Å². The van der Waals surface area contributed by atoms with Crippen molar-refractivity contribution in [2.24, 2.45) is 0 Å². The summed E-state index contributed by atoms with van der Waals surface area (Å²) in [5, 5.41) is 20.8. The smallest absolute Gasteiger partial charge is 0.343 e. The third-order valence-electron chi connectivity index (χ3n) is 4.64. The number of hydrogen-bond acceptors (Lipinski definition) is 7. The van der Waals surface area contributed by atoms with Gasteiger partial charge in [0.1, 0.15) is 17.1 Å². The van der Waals surface area contributed by atoms with Gasteiger partial charge in [-0.15, -0.1) is 0 Å². The van der Waals surface area contributed by atoms with Gasteiger partial charge in [0.2, 0.25) is 0 Å². The number of fused-ring (bicyclic) bond motifs is 1. The van der Waals surface area contributed by atoms with Crippen LogP contribution in [0.1, 0.15) is 29.0 Å². The Kier molecular flexibility index (Phi) is 5.65. The highest BCUT2D eigenvalue weighted by molar-refractivity contribution is 5.84. The molecule has 1 aromatic heterocycles. The molecule has 0 aliphatic rings. The molecule has 3 rings (SSSR count). The molecule has 28 heavy (non-hydrogen) atoms. The standard InChI is InChI=1S/C21H20O7/c1-26-16-8-7-12(9-13(16)11-22)15(10-18(23)27-2)19-20(24)14-5-3-4-6-17(14)28-21(19)25/h3-9,15,22,24H,10-11H2,1-2H3. The summed E-state index contributed by atoms with van der Waals surface area (Å²) in [6.45, 7) is -0.291. The molecule has 146 valence electrons. The first kappa shape index (κ1) is 19.4. The quantitative estimate of drug-likeness (QED) is 0.497. The summed E-state index contributed by atoms with van der Waals surface area (Å²) in [7, 11) is 2.72. The van der Waals surface area contributed by atoms with Crippen molar-refractivity contribution in [3.8, 4) is 11.5 Å². The van der Waals surface area contributed by atoms with Crippen molar-refractivity contribution in [3.63, 3.8) is 0 Å². The van der Waals surface area contributed by atoms with Crippen molar-refractivity contribution in [1.29, 1.82) is 0 Å². The maximum absolute atomic E-state index is 12.7. The summed E-state index contributed by atoms with van der Waals surface area (Å²) in [5.74, 6) is -1.16. The highest BCUT2D eigenvalue weighted by atomic mass is 16.5. The molecule has 2 aromatic carbocycles. The SMILES string of the molecule is COC(=O)CC(c1ccc(OC)c(CO)c1)c1c(O)c2ccccc2oc1=O. The Hall–Kier alpha value is -3.32. The lowest BCUT2D eigenvalue weighted by molar-refractivity contribution is -0.140. The van der Waals surface area contributed by atoms with Crippen LogP contribution in [0.3, 0.4) is 0 Å². The van der Waals surface area contributed by atoms with Crippen LogP contribution in [-0.4, -0.2) is 30.4 Å². The number of para-hydroxylation sites is 1. The molecule has 1 heterocycles. The monoisotopic (exact) mass is 384 g/mol. The fourth-order valence-corrected chi connectivity index (χ4v) is 3.23. The van der Waals surface area contributed by atoms with Crippen LogP contribution in [0.25, 0.3) is 11.0 Å². The molecule has 0 aliphatic carbocycles. The number of aliphatic hydroxyl groups excluding tert-OH is 1. The minimum atomic E-state index is -0.829. The van der Waals surface area contributed by atoms with E-state index in [0.717, 1.165) is 0 Å². The first-order valence-corrected chi connectivity index (χ1v) is 8.59. The second-order valence-corrected chi connectivity index (χ2v) is 6.21. The highest BCUT2D eigenvalue weighted by Gasteiger charge is 2.28. The number of carbonyl (C=O) groups excluding carboxylic acids is 1. The molecule has 1 unspecified atom stereocenters. The van der Waals surface area contributed by atoms with Crippen molar-refractivity contribution in [2.75, 3.05) is 14.2 Å². The Bertz CT molecular complexity index is 1070. The average Bonchev–Trinajstić information content (AvgIpc) is 2.72. The second-order valence-electron chi connectivity index (χ2n) is 6.21.